The summed E-state index contributed by atoms with van der Waals surface area (Å²) < 4.78 is 0. The molecule has 5 atom stereocenters. The number of carbonyl (C=O) groups excluding carboxylic acids is 2. The zero-order chi connectivity index (χ0) is 14.8. The van der Waals surface area contributed by atoms with Gasteiger partial charge in [0.25, 0.3) is 0 Å². The van der Waals surface area contributed by atoms with Crippen molar-refractivity contribution in [3.05, 3.63) is 23.8 Å². The van der Waals surface area contributed by atoms with E-state index in [1.807, 2.05) is 12.2 Å². The highest BCUT2D eigenvalue weighted by Crippen LogP contribution is 2.63. The Bertz CT molecular complexity index is 584. The molecular formula is C19H24O2. The van der Waals surface area contributed by atoms with Crippen molar-refractivity contribution in [1.82, 2.24) is 0 Å². The van der Waals surface area contributed by atoms with Gasteiger partial charge in [0.05, 0.1) is 0 Å². The highest BCUT2D eigenvalue weighted by molar-refractivity contribution is 5.98. The van der Waals surface area contributed by atoms with Gasteiger partial charge in [0.15, 0.2) is 11.6 Å². The Labute approximate surface area is 126 Å². The number of carbonyl (C=O) groups is 2. The maximum Gasteiger partial charge on any atom is 0.159 e. The fraction of sp³-hybridized carbons (Fsp3) is 0.684. The van der Waals surface area contributed by atoms with Crippen molar-refractivity contribution in [1.29, 1.82) is 0 Å². The van der Waals surface area contributed by atoms with E-state index in [0.29, 0.717) is 29.5 Å². The first-order valence-electron chi connectivity index (χ1n) is 8.41. The third kappa shape index (κ3) is 1.71. The molecule has 21 heavy (non-hydrogen) atoms. The molecule has 0 bridgehead atoms. The van der Waals surface area contributed by atoms with Gasteiger partial charge in [-0.05, 0) is 60.7 Å². The van der Waals surface area contributed by atoms with Gasteiger partial charge in [0, 0.05) is 17.8 Å². The largest absolute Gasteiger partial charge is 0.295 e. The van der Waals surface area contributed by atoms with E-state index in [2.05, 4.69) is 13.8 Å². The first-order chi connectivity index (χ1) is 9.94. The van der Waals surface area contributed by atoms with Crippen molar-refractivity contribution in [3.63, 3.8) is 0 Å². The van der Waals surface area contributed by atoms with Gasteiger partial charge in [-0.25, -0.2) is 0 Å². The molecule has 2 fully saturated rings. The van der Waals surface area contributed by atoms with E-state index in [-0.39, 0.29) is 17.1 Å². The van der Waals surface area contributed by atoms with Gasteiger partial charge in [0.2, 0.25) is 0 Å². The Morgan fingerprint density at radius 3 is 2.67 bits per heavy atom. The zero-order valence-electron chi connectivity index (χ0n) is 13.0. The van der Waals surface area contributed by atoms with Crippen LogP contribution in [0.15, 0.2) is 23.8 Å². The quantitative estimate of drug-likeness (QED) is 0.677. The van der Waals surface area contributed by atoms with E-state index in [1.165, 1.54) is 25.7 Å². The Kier molecular flexibility index (Phi) is 2.68. The van der Waals surface area contributed by atoms with Crippen LogP contribution in [-0.4, -0.2) is 11.6 Å². The van der Waals surface area contributed by atoms with Crippen LogP contribution < -0.4 is 0 Å². The molecule has 0 aromatic rings. The van der Waals surface area contributed by atoms with Crippen molar-refractivity contribution >= 4 is 11.6 Å². The van der Waals surface area contributed by atoms with E-state index in [4.69, 9.17) is 0 Å². The topological polar surface area (TPSA) is 34.1 Å². The second-order valence-electron chi connectivity index (χ2n) is 8.22. The third-order valence-electron chi connectivity index (χ3n) is 7.15. The predicted octanol–water partition coefficient (Wildman–Crippen LogP) is 3.86. The average Bonchev–Trinajstić information content (AvgIpc) is 2.81. The molecule has 4 rings (SSSR count). The van der Waals surface area contributed by atoms with Crippen LogP contribution in [0, 0.1) is 28.6 Å². The van der Waals surface area contributed by atoms with Crippen LogP contribution in [0.5, 0.6) is 0 Å². The molecule has 0 heterocycles. The van der Waals surface area contributed by atoms with E-state index in [1.54, 1.807) is 6.08 Å². The summed E-state index contributed by atoms with van der Waals surface area (Å²) >= 11 is 0. The van der Waals surface area contributed by atoms with E-state index in [9.17, 15) is 9.59 Å². The van der Waals surface area contributed by atoms with Gasteiger partial charge in [0.1, 0.15) is 0 Å². The van der Waals surface area contributed by atoms with Crippen molar-refractivity contribution in [3.8, 4) is 0 Å². The zero-order valence-corrected chi connectivity index (χ0v) is 13.0. The molecule has 2 heteroatoms. The molecule has 4 aliphatic rings. The minimum atomic E-state index is -0.103. The average molecular weight is 284 g/mol. The highest BCUT2D eigenvalue weighted by Gasteiger charge is 2.58. The van der Waals surface area contributed by atoms with Crippen molar-refractivity contribution in [2.24, 2.45) is 28.6 Å². The molecule has 0 unspecified atom stereocenters. The van der Waals surface area contributed by atoms with Crippen LogP contribution in [0.1, 0.15) is 52.4 Å². The second kappa shape index (κ2) is 4.18. The van der Waals surface area contributed by atoms with Crippen LogP contribution in [0.2, 0.25) is 0 Å². The molecule has 4 aliphatic carbocycles. The first kappa shape index (κ1) is 13.5. The molecule has 0 radical (unpaired) electrons. The Balaban J connectivity index is 1.81. The fourth-order valence-corrected chi connectivity index (χ4v) is 5.94. The summed E-state index contributed by atoms with van der Waals surface area (Å²) in [6.45, 7) is 4.61. The van der Waals surface area contributed by atoms with Gasteiger partial charge in [-0.2, -0.15) is 0 Å². The van der Waals surface area contributed by atoms with Crippen molar-refractivity contribution < 1.29 is 9.59 Å². The van der Waals surface area contributed by atoms with Crippen LogP contribution in [0.4, 0.5) is 0 Å². The minimum absolute atomic E-state index is 0.103. The summed E-state index contributed by atoms with van der Waals surface area (Å²) in [5.41, 5.74) is 1.37. The summed E-state index contributed by atoms with van der Waals surface area (Å²) in [5, 5.41) is 0. The number of hydrogen-bond donors (Lipinski definition) is 0. The Morgan fingerprint density at radius 1 is 1.05 bits per heavy atom. The molecule has 0 aromatic heterocycles. The monoisotopic (exact) mass is 284 g/mol. The molecule has 0 saturated heterocycles. The van der Waals surface area contributed by atoms with Gasteiger partial charge in [-0.1, -0.05) is 26.3 Å². The maximum absolute atomic E-state index is 12.8. The number of fused-ring (bicyclic) bond motifs is 5. The Morgan fingerprint density at radius 2 is 1.86 bits per heavy atom. The standard InChI is InChI=1S/C19H24O2/c1-18-8-3-4-14(18)17-15(7-9-18)19(2)11-13(20)6-5-12(19)10-16(17)21/h5-6,10,14-15,17H,3-4,7-9,11H2,1-2H3/t14-,15-,17-,18-,19-/m0/s1. The summed E-state index contributed by atoms with van der Waals surface area (Å²) in [7, 11) is 0. The van der Waals surface area contributed by atoms with Crippen molar-refractivity contribution in [2.45, 2.75) is 52.4 Å². The molecule has 2 saturated carbocycles. The number of allylic oxidation sites excluding steroid dienone is 4. The van der Waals surface area contributed by atoms with Crippen LogP contribution in [-0.2, 0) is 9.59 Å². The minimum Gasteiger partial charge on any atom is -0.295 e. The summed E-state index contributed by atoms with van der Waals surface area (Å²) in [5.74, 6) is 1.64. The maximum atomic E-state index is 12.8. The third-order valence-corrected chi connectivity index (χ3v) is 7.15. The lowest BCUT2D eigenvalue weighted by Gasteiger charge is -2.54. The Hall–Kier alpha value is -1.18. The van der Waals surface area contributed by atoms with E-state index < -0.39 is 0 Å². The molecule has 0 spiro atoms. The van der Waals surface area contributed by atoms with E-state index >= 15 is 0 Å². The van der Waals surface area contributed by atoms with Crippen LogP contribution >= 0.6 is 0 Å². The number of rotatable bonds is 0. The van der Waals surface area contributed by atoms with Gasteiger partial charge < -0.3 is 0 Å². The normalized spacial score (nSPS) is 48.5. The number of ketones is 2. The lowest BCUT2D eigenvalue weighted by Crippen LogP contribution is -2.51. The highest BCUT2D eigenvalue weighted by atomic mass is 16.1. The summed E-state index contributed by atoms with van der Waals surface area (Å²) in [6, 6.07) is 0. The van der Waals surface area contributed by atoms with Gasteiger partial charge in [-0.3, -0.25) is 9.59 Å². The van der Waals surface area contributed by atoms with Gasteiger partial charge >= 0.3 is 0 Å². The van der Waals surface area contributed by atoms with Crippen LogP contribution in [0.3, 0.4) is 0 Å². The smallest absolute Gasteiger partial charge is 0.159 e. The first-order valence-corrected chi connectivity index (χ1v) is 8.41. The summed E-state index contributed by atoms with van der Waals surface area (Å²) in [6.07, 6.45) is 12.1. The molecule has 0 aromatic carbocycles. The molecule has 2 nitrogen and oxygen atoms in total. The van der Waals surface area contributed by atoms with Gasteiger partial charge in [-0.15, -0.1) is 0 Å². The fourth-order valence-electron chi connectivity index (χ4n) is 5.94. The lowest BCUT2D eigenvalue weighted by molar-refractivity contribution is -0.134. The lowest BCUT2D eigenvalue weighted by atomic mass is 9.48. The van der Waals surface area contributed by atoms with E-state index in [0.717, 1.165) is 12.0 Å². The molecule has 0 amide bonds. The molecule has 112 valence electrons. The molecule has 0 aliphatic heterocycles. The second-order valence-corrected chi connectivity index (χ2v) is 8.22. The SMILES string of the molecule is C[C@@]12CCC[C@H]1[C@@H]1C(=O)C=C3C=CC(=O)C[C@]3(C)[C@H]1CC2. The van der Waals surface area contributed by atoms with Crippen LogP contribution in [0.25, 0.3) is 0 Å². The van der Waals surface area contributed by atoms with Crippen molar-refractivity contribution in [2.75, 3.05) is 0 Å². The number of hydrogen-bond acceptors (Lipinski definition) is 2. The molecule has 0 N–H and O–H groups in total. The molecular weight excluding hydrogens is 260 g/mol. The summed E-state index contributed by atoms with van der Waals surface area (Å²) in [4.78, 5) is 24.8. The predicted molar refractivity (Wildman–Crippen MR) is 81.6 cm³/mol.